The summed E-state index contributed by atoms with van der Waals surface area (Å²) >= 11 is 6.41. The highest BCUT2D eigenvalue weighted by atomic mass is 79.9. The molecule has 11 heteroatoms. The zero-order valence-corrected chi connectivity index (χ0v) is 19.5. The summed E-state index contributed by atoms with van der Waals surface area (Å²) < 4.78 is 21.6. The van der Waals surface area contributed by atoms with Gasteiger partial charge in [0.2, 0.25) is 11.0 Å². The molecule has 5 aromatic rings. The molecule has 160 valence electrons. The van der Waals surface area contributed by atoms with Crippen molar-refractivity contribution in [1.29, 1.82) is 0 Å². The maximum atomic E-state index is 13.1. The summed E-state index contributed by atoms with van der Waals surface area (Å²) in [6.45, 7) is 0. The third-order valence-corrected chi connectivity index (χ3v) is 6.84. The van der Waals surface area contributed by atoms with Gasteiger partial charge < -0.3 is 9.73 Å². The molecule has 0 aliphatic heterocycles. The first-order chi connectivity index (χ1) is 15.7. The quantitative estimate of drug-likeness (QED) is 0.247. The number of halogens is 2. The van der Waals surface area contributed by atoms with Crippen LogP contribution in [0.4, 0.5) is 15.2 Å². The second kappa shape index (κ2) is 9.23. The SMILES string of the molecule is Fc1ccc(Nc2nnc(CSc3nnc(-c4ccco4)n3-c3ccc(Br)cc3)s2)cc1. The second-order valence-corrected chi connectivity index (χ2v) is 9.44. The van der Waals surface area contributed by atoms with Crippen molar-refractivity contribution in [2.75, 3.05) is 5.32 Å². The van der Waals surface area contributed by atoms with Gasteiger partial charge in [-0.1, -0.05) is 39.0 Å². The van der Waals surface area contributed by atoms with E-state index in [2.05, 4.69) is 41.6 Å². The maximum absolute atomic E-state index is 13.1. The third-order valence-electron chi connectivity index (χ3n) is 4.35. The van der Waals surface area contributed by atoms with Crippen molar-refractivity contribution >= 4 is 49.8 Å². The fourth-order valence-corrected chi connectivity index (χ4v) is 4.86. The first-order valence-corrected chi connectivity index (χ1v) is 12.0. The van der Waals surface area contributed by atoms with Gasteiger partial charge >= 0.3 is 0 Å². The molecule has 5 rings (SSSR count). The molecular formula is C21H14BrFN6OS2. The summed E-state index contributed by atoms with van der Waals surface area (Å²) in [5.41, 5.74) is 1.67. The number of nitrogens with zero attached hydrogens (tertiary/aromatic N) is 5. The lowest BCUT2D eigenvalue weighted by molar-refractivity contribution is 0.575. The van der Waals surface area contributed by atoms with Gasteiger partial charge in [0.05, 0.1) is 12.0 Å². The molecule has 0 aliphatic carbocycles. The Balaban J connectivity index is 1.36. The van der Waals surface area contributed by atoms with Crippen LogP contribution in [0.3, 0.4) is 0 Å². The van der Waals surface area contributed by atoms with Gasteiger partial charge in [-0.15, -0.1) is 20.4 Å². The van der Waals surface area contributed by atoms with Gasteiger partial charge in [-0.2, -0.15) is 0 Å². The normalized spacial score (nSPS) is 11.1. The topological polar surface area (TPSA) is 81.7 Å². The number of rotatable bonds is 7. The van der Waals surface area contributed by atoms with Crippen LogP contribution in [0.5, 0.6) is 0 Å². The first-order valence-electron chi connectivity index (χ1n) is 9.39. The van der Waals surface area contributed by atoms with Crippen molar-refractivity contribution in [3.05, 3.63) is 82.2 Å². The molecule has 0 spiro atoms. The molecule has 0 atom stereocenters. The maximum Gasteiger partial charge on any atom is 0.210 e. The Kier molecular flexibility index (Phi) is 6.02. The monoisotopic (exact) mass is 528 g/mol. The minimum absolute atomic E-state index is 0.284. The summed E-state index contributed by atoms with van der Waals surface area (Å²) in [5.74, 6) is 1.54. The molecule has 0 saturated carbocycles. The van der Waals surface area contributed by atoms with E-state index in [-0.39, 0.29) is 5.82 Å². The van der Waals surface area contributed by atoms with Gasteiger partial charge in [0.1, 0.15) is 10.8 Å². The van der Waals surface area contributed by atoms with E-state index < -0.39 is 0 Å². The summed E-state index contributed by atoms with van der Waals surface area (Å²) in [6, 6.07) is 17.7. The van der Waals surface area contributed by atoms with Crippen molar-refractivity contribution in [3.63, 3.8) is 0 Å². The molecule has 1 N–H and O–H groups in total. The molecule has 0 bridgehead atoms. The van der Waals surface area contributed by atoms with E-state index in [1.54, 1.807) is 18.4 Å². The van der Waals surface area contributed by atoms with Crippen LogP contribution in [0.25, 0.3) is 17.3 Å². The van der Waals surface area contributed by atoms with Crippen LogP contribution in [-0.4, -0.2) is 25.0 Å². The van der Waals surface area contributed by atoms with E-state index >= 15 is 0 Å². The Hall–Kier alpha value is -3.02. The van der Waals surface area contributed by atoms with Crippen LogP contribution in [0.1, 0.15) is 5.01 Å². The first kappa shape index (κ1) is 20.9. The van der Waals surface area contributed by atoms with Crippen LogP contribution in [0, 0.1) is 5.82 Å². The second-order valence-electron chi connectivity index (χ2n) is 6.52. The van der Waals surface area contributed by atoms with E-state index in [9.17, 15) is 4.39 Å². The van der Waals surface area contributed by atoms with Gasteiger partial charge in [-0.05, 0) is 60.7 Å². The van der Waals surface area contributed by atoms with Gasteiger partial charge in [-0.3, -0.25) is 4.57 Å². The van der Waals surface area contributed by atoms with E-state index in [0.717, 1.165) is 20.9 Å². The van der Waals surface area contributed by atoms with Crippen LogP contribution in [0.15, 0.2) is 81.0 Å². The molecule has 0 radical (unpaired) electrons. The predicted molar refractivity (Wildman–Crippen MR) is 126 cm³/mol. The highest BCUT2D eigenvalue weighted by Crippen LogP contribution is 2.32. The van der Waals surface area contributed by atoms with Crippen molar-refractivity contribution in [3.8, 4) is 17.3 Å². The van der Waals surface area contributed by atoms with Crippen molar-refractivity contribution in [1.82, 2.24) is 25.0 Å². The fourth-order valence-electron chi connectivity index (χ4n) is 2.90. The summed E-state index contributed by atoms with van der Waals surface area (Å²) in [5, 5.41) is 22.4. The number of aromatic nitrogens is 5. The van der Waals surface area contributed by atoms with E-state index in [1.165, 1.54) is 35.2 Å². The number of hydrogen-bond acceptors (Lipinski definition) is 8. The van der Waals surface area contributed by atoms with Crippen molar-refractivity contribution in [2.45, 2.75) is 10.9 Å². The summed E-state index contributed by atoms with van der Waals surface area (Å²) in [6.07, 6.45) is 1.61. The smallest absolute Gasteiger partial charge is 0.210 e. The lowest BCUT2D eigenvalue weighted by atomic mass is 10.3. The van der Waals surface area contributed by atoms with E-state index in [0.29, 0.717) is 27.6 Å². The Morgan fingerprint density at radius 1 is 1.00 bits per heavy atom. The van der Waals surface area contributed by atoms with Crippen molar-refractivity contribution < 1.29 is 8.81 Å². The zero-order valence-electron chi connectivity index (χ0n) is 16.3. The minimum Gasteiger partial charge on any atom is -0.461 e. The number of nitrogens with one attached hydrogen (secondary N) is 1. The Bertz CT molecular complexity index is 1320. The minimum atomic E-state index is -0.284. The molecule has 32 heavy (non-hydrogen) atoms. The lowest BCUT2D eigenvalue weighted by Crippen LogP contribution is -1.99. The van der Waals surface area contributed by atoms with E-state index in [1.807, 2.05) is 41.0 Å². The van der Waals surface area contributed by atoms with Gasteiger partial charge in [0.25, 0.3) is 0 Å². The Labute approximate surface area is 198 Å². The molecule has 0 saturated heterocycles. The standard InChI is InChI=1S/C21H14BrFN6OS2/c22-13-3-9-16(10-4-13)29-19(17-2-1-11-30-17)26-28-21(29)31-12-18-25-27-20(32-18)24-15-7-5-14(23)6-8-15/h1-11H,12H2,(H,24,27). The predicted octanol–water partition coefficient (Wildman–Crippen LogP) is 6.32. The largest absolute Gasteiger partial charge is 0.461 e. The van der Waals surface area contributed by atoms with Crippen LogP contribution < -0.4 is 5.32 Å². The van der Waals surface area contributed by atoms with Crippen LogP contribution >= 0.6 is 39.0 Å². The molecule has 3 aromatic heterocycles. The average molecular weight is 529 g/mol. The fraction of sp³-hybridized carbons (Fsp3) is 0.0476. The molecule has 0 aliphatic rings. The van der Waals surface area contributed by atoms with Crippen LogP contribution in [-0.2, 0) is 5.75 Å². The number of benzene rings is 2. The summed E-state index contributed by atoms with van der Waals surface area (Å²) in [7, 11) is 0. The highest BCUT2D eigenvalue weighted by molar-refractivity contribution is 9.10. The van der Waals surface area contributed by atoms with Gasteiger partial charge in [0, 0.05) is 15.8 Å². The highest BCUT2D eigenvalue weighted by Gasteiger charge is 2.19. The van der Waals surface area contributed by atoms with Gasteiger partial charge in [-0.25, -0.2) is 4.39 Å². The Morgan fingerprint density at radius 3 is 2.56 bits per heavy atom. The van der Waals surface area contributed by atoms with E-state index in [4.69, 9.17) is 4.42 Å². The molecule has 0 unspecified atom stereocenters. The molecule has 2 aromatic carbocycles. The number of furan rings is 1. The number of anilines is 2. The molecule has 3 heterocycles. The van der Waals surface area contributed by atoms with Crippen LogP contribution in [0.2, 0.25) is 0 Å². The number of thioether (sulfide) groups is 1. The van der Waals surface area contributed by atoms with Gasteiger partial charge in [0.15, 0.2) is 10.9 Å². The molecular weight excluding hydrogens is 515 g/mol. The third kappa shape index (κ3) is 4.59. The van der Waals surface area contributed by atoms with Crippen molar-refractivity contribution in [2.24, 2.45) is 0 Å². The molecule has 0 amide bonds. The Morgan fingerprint density at radius 2 is 1.81 bits per heavy atom. The molecule has 7 nitrogen and oxygen atoms in total. The lowest BCUT2D eigenvalue weighted by Gasteiger charge is -2.08. The zero-order chi connectivity index (χ0) is 21.9. The number of hydrogen-bond donors (Lipinski definition) is 1. The average Bonchev–Trinajstić information content (AvgIpc) is 3.55. The summed E-state index contributed by atoms with van der Waals surface area (Å²) in [4.78, 5) is 0. The molecule has 0 fully saturated rings.